The summed E-state index contributed by atoms with van der Waals surface area (Å²) in [6.45, 7) is 2.31. The Morgan fingerprint density at radius 3 is 2.69 bits per heavy atom. The van der Waals surface area contributed by atoms with E-state index in [1.165, 1.54) is 38.5 Å². The van der Waals surface area contributed by atoms with E-state index in [-0.39, 0.29) is 6.09 Å². The van der Waals surface area contributed by atoms with Gasteiger partial charge in [0.1, 0.15) is 0 Å². The molecule has 3 atom stereocenters. The number of hydrogen-bond donors (Lipinski definition) is 1. The van der Waals surface area contributed by atoms with Crippen molar-refractivity contribution in [2.45, 2.75) is 57.9 Å². The summed E-state index contributed by atoms with van der Waals surface area (Å²) in [6, 6.07) is 0.360. The smallest absolute Gasteiger partial charge is 0.407 e. The lowest BCUT2D eigenvalue weighted by atomic mass is 9.69. The second kappa shape index (κ2) is 5.55. The van der Waals surface area contributed by atoms with Gasteiger partial charge < -0.3 is 10.1 Å². The lowest BCUT2D eigenvalue weighted by Crippen LogP contribution is -2.41. The number of carbonyl (C=O) groups is 1. The predicted molar refractivity (Wildman–Crippen MR) is 63.2 cm³/mol. The standard InChI is InChI=1S/C13H23NO2/c1-2-16-13(15)14-12-8-7-10-5-3-4-6-11(10)9-12/h10-12H,2-9H2,1H3,(H,14,15)/t10-,11-,12-/m1/s1. The molecule has 2 aliphatic rings. The van der Waals surface area contributed by atoms with E-state index < -0.39 is 0 Å². The molecule has 92 valence electrons. The van der Waals surface area contributed by atoms with E-state index in [2.05, 4.69) is 5.32 Å². The Balaban J connectivity index is 1.78. The van der Waals surface area contributed by atoms with Crippen LogP contribution in [-0.4, -0.2) is 18.7 Å². The molecular formula is C13H23NO2. The van der Waals surface area contributed by atoms with Gasteiger partial charge in [-0.25, -0.2) is 4.79 Å². The van der Waals surface area contributed by atoms with Gasteiger partial charge >= 0.3 is 6.09 Å². The quantitative estimate of drug-likeness (QED) is 0.784. The van der Waals surface area contributed by atoms with E-state index in [0.29, 0.717) is 12.6 Å². The van der Waals surface area contributed by atoms with Crippen molar-refractivity contribution in [3.63, 3.8) is 0 Å². The van der Waals surface area contributed by atoms with Crippen LogP contribution in [0.25, 0.3) is 0 Å². The van der Waals surface area contributed by atoms with E-state index in [9.17, 15) is 4.79 Å². The third-order valence-corrected chi connectivity index (χ3v) is 4.14. The molecule has 2 aliphatic carbocycles. The van der Waals surface area contributed by atoms with Crippen LogP contribution in [0.3, 0.4) is 0 Å². The molecule has 3 heteroatoms. The van der Waals surface area contributed by atoms with Gasteiger partial charge in [0.2, 0.25) is 0 Å². The molecule has 2 rings (SSSR count). The minimum absolute atomic E-state index is 0.234. The number of nitrogens with one attached hydrogen (secondary N) is 1. The molecule has 16 heavy (non-hydrogen) atoms. The molecule has 1 amide bonds. The first-order valence-electron chi connectivity index (χ1n) is 6.73. The molecule has 0 radical (unpaired) electrons. The number of carbonyl (C=O) groups excluding carboxylic acids is 1. The van der Waals surface area contributed by atoms with Crippen LogP contribution in [0.2, 0.25) is 0 Å². The number of rotatable bonds is 2. The summed E-state index contributed by atoms with van der Waals surface area (Å²) >= 11 is 0. The molecule has 0 aromatic heterocycles. The van der Waals surface area contributed by atoms with Crippen LogP contribution in [0.4, 0.5) is 4.79 Å². The van der Waals surface area contributed by atoms with Crippen LogP contribution in [0.5, 0.6) is 0 Å². The zero-order valence-corrected chi connectivity index (χ0v) is 10.2. The molecule has 2 saturated carbocycles. The highest BCUT2D eigenvalue weighted by Crippen LogP contribution is 2.40. The lowest BCUT2D eigenvalue weighted by molar-refractivity contribution is 0.120. The molecule has 2 fully saturated rings. The highest BCUT2D eigenvalue weighted by atomic mass is 16.5. The maximum absolute atomic E-state index is 11.3. The van der Waals surface area contributed by atoms with Crippen LogP contribution in [0.1, 0.15) is 51.9 Å². The maximum atomic E-state index is 11.3. The highest BCUT2D eigenvalue weighted by Gasteiger charge is 2.32. The monoisotopic (exact) mass is 225 g/mol. The van der Waals surface area contributed by atoms with Gasteiger partial charge in [0, 0.05) is 6.04 Å². The van der Waals surface area contributed by atoms with E-state index in [1.807, 2.05) is 6.92 Å². The molecule has 0 saturated heterocycles. The summed E-state index contributed by atoms with van der Waals surface area (Å²) < 4.78 is 4.93. The summed E-state index contributed by atoms with van der Waals surface area (Å²) in [6.07, 6.45) is 8.94. The summed E-state index contributed by atoms with van der Waals surface area (Å²) in [5, 5.41) is 2.99. The van der Waals surface area contributed by atoms with Crippen molar-refractivity contribution in [3.8, 4) is 0 Å². The van der Waals surface area contributed by atoms with Crippen LogP contribution >= 0.6 is 0 Å². The van der Waals surface area contributed by atoms with Crippen LogP contribution in [0.15, 0.2) is 0 Å². The topological polar surface area (TPSA) is 38.3 Å². The highest BCUT2D eigenvalue weighted by molar-refractivity contribution is 5.67. The number of ether oxygens (including phenoxy) is 1. The van der Waals surface area contributed by atoms with Gasteiger partial charge in [0.05, 0.1) is 6.61 Å². The zero-order valence-electron chi connectivity index (χ0n) is 10.2. The first kappa shape index (κ1) is 11.7. The predicted octanol–water partition coefficient (Wildman–Crippen LogP) is 3.09. The average Bonchev–Trinajstić information content (AvgIpc) is 2.29. The Bertz CT molecular complexity index is 242. The number of hydrogen-bond acceptors (Lipinski definition) is 2. The van der Waals surface area contributed by atoms with Crippen molar-refractivity contribution < 1.29 is 9.53 Å². The van der Waals surface area contributed by atoms with Crippen LogP contribution < -0.4 is 5.32 Å². The van der Waals surface area contributed by atoms with E-state index in [1.54, 1.807) is 0 Å². The van der Waals surface area contributed by atoms with E-state index in [0.717, 1.165) is 18.3 Å². The first-order valence-corrected chi connectivity index (χ1v) is 6.73. The maximum Gasteiger partial charge on any atom is 0.407 e. The minimum Gasteiger partial charge on any atom is -0.450 e. The van der Waals surface area contributed by atoms with Crippen LogP contribution in [-0.2, 0) is 4.74 Å². The minimum atomic E-state index is -0.234. The first-order chi connectivity index (χ1) is 7.79. The molecule has 0 unspecified atom stereocenters. The number of alkyl carbamates (subject to hydrolysis) is 1. The fraction of sp³-hybridized carbons (Fsp3) is 0.923. The summed E-state index contributed by atoms with van der Waals surface area (Å²) in [5.74, 6) is 1.79. The molecule has 0 spiro atoms. The molecule has 0 aromatic rings. The number of amides is 1. The molecule has 3 nitrogen and oxygen atoms in total. The molecule has 1 N–H and O–H groups in total. The van der Waals surface area contributed by atoms with Crippen molar-refractivity contribution >= 4 is 6.09 Å². The van der Waals surface area contributed by atoms with Crippen LogP contribution in [0, 0.1) is 11.8 Å². The van der Waals surface area contributed by atoms with Crippen molar-refractivity contribution in [2.75, 3.05) is 6.61 Å². The van der Waals surface area contributed by atoms with Crippen molar-refractivity contribution in [3.05, 3.63) is 0 Å². The Labute approximate surface area is 97.9 Å². The molecule has 0 bridgehead atoms. The second-order valence-electron chi connectivity index (χ2n) is 5.18. The van der Waals surface area contributed by atoms with Gasteiger partial charge in [0.15, 0.2) is 0 Å². The van der Waals surface area contributed by atoms with E-state index >= 15 is 0 Å². The third kappa shape index (κ3) is 2.89. The van der Waals surface area contributed by atoms with Gasteiger partial charge in [-0.2, -0.15) is 0 Å². The van der Waals surface area contributed by atoms with Gasteiger partial charge in [-0.05, 0) is 38.0 Å². The van der Waals surface area contributed by atoms with E-state index in [4.69, 9.17) is 4.74 Å². The van der Waals surface area contributed by atoms with Gasteiger partial charge in [0.25, 0.3) is 0 Å². The Morgan fingerprint density at radius 2 is 1.94 bits per heavy atom. The molecule has 0 aliphatic heterocycles. The largest absolute Gasteiger partial charge is 0.450 e. The lowest BCUT2D eigenvalue weighted by Gasteiger charge is -2.39. The Morgan fingerprint density at radius 1 is 1.19 bits per heavy atom. The number of fused-ring (bicyclic) bond motifs is 1. The Hall–Kier alpha value is -0.730. The second-order valence-corrected chi connectivity index (χ2v) is 5.18. The fourth-order valence-corrected chi connectivity index (χ4v) is 3.34. The fourth-order valence-electron chi connectivity index (χ4n) is 3.34. The normalized spacial score (nSPS) is 33.9. The third-order valence-electron chi connectivity index (χ3n) is 4.14. The van der Waals surface area contributed by atoms with Gasteiger partial charge in [-0.1, -0.05) is 25.7 Å². The average molecular weight is 225 g/mol. The van der Waals surface area contributed by atoms with Crippen molar-refractivity contribution in [2.24, 2.45) is 11.8 Å². The summed E-state index contributed by atoms with van der Waals surface area (Å²) in [5.41, 5.74) is 0. The van der Waals surface area contributed by atoms with Crippen molar-refractivity contribution in [1.29, 1.82) is 0 Å². The van der Waals surface area contributed by atoms with Crippen molar-refractivity contribution in [1.82, 2.24) is 5.32 Å². The summed E-state index contributed by atoms with van der Waals surface area (Å²) in [7, 11) is 0. The zero-order chi connectivity index (χ0) is 11.4. The Kier molecular flexibility index (Phi) is 4.08. The SMILES string of the molecule is CCOC(=O)N[C@@H]1CC[C@H]2CCCC[C@@H]2C1. The summed E-state index contributed by atoms with van der Waals surface area (Å²) in [4.78, 5) is 11.3. The van der Waals surface area contributed by atoms with Gasteiger partial charge in [-0.3, -0.25) is 0 Å². The van der Waals surface area contributed by atoms with Gasteiger partial charge in [-0.15, -0.1) is 0 Å². The molecule has 0 aromatic carbocycles. The molecular weight excluding hydrogens is 202 g/mol. The molecule has 0 heterocycles.